The minimum atomic E-state index is 0.0109. The molecule has 0 bridgehead atoms. The molecule has 0 unspecified atom stereocenters. The highest BCUT2D eigenvalue weighted by Crippen LogP contribution is 2.25. The van der Waals surface area contributed by atoms with Gasteiger partial charge in [-0.15, -0.1) is 0 Å². The number of aryl methyl sites for hydroxylation is 1. The van der Waals surface area contributed by atoms with E-state index in [1.54, 1.807) is 12.3 Å². The molecule has 1 rings (SSSR count). The standard InChI is InChI=1S/C11H17N3OS/c1-8-10(9(15)6-7-13(2)3)16-11(12-8)14(4)5/h6-7H,1-5H3/b7-6+. The summed E-state index contributed by atoms with van der Waals surface area (Å²) in [6.45, 7) is 1.86. The van der Waals surface area contributed by atoms with Crippen molar-refractivity contribution < 1.29 is 4.79 Å². The van der Waals surface area contributed by atoms with E-state index < -0.39 is 0 Å². The molecule has 0 N–H and O–H groups in total. The van der Waals surface area contributed by atoms with Crippen LogP contribution >= 0.6 is 11.3 Å². The third-order valence-electron chi connectivity index (χ3n) is 1.92. The number of hydrogen-bond acceptors (Lipinski definition) is 5. The number of rotatable bonds is 4. The van der Waals surface area contributed by atoms with Crippen molar-refractivity contribution >= 4 is 22.3 Å². The summed E-state index contributed by atoms with van der Waals surface area (Å²) in [6.07, 6.45) is 3.32. The van der Waals surface area contributed by atoms with Crippen LogP contribution in [0.15, 0.2) is 12.3 Å². The third-order valence-corrected chi connectivity index (χ3v) is 3.26. The Balaban J connectivity index is 2.92. The summed E-state index contributed by atoms with van der Waals surface area (Å²) in [5.74, 6) is 0.0109. The first-order valence-corrected chi connectivity index (χ1v) is 5.77. The first kappa shape index (κ1) is 12.7. The number of anilines is 1. The lowest BCUT2D eigenvalue weighted by atomic mass is 10.3. The van der Waals surface area contributed by atoms with Gasteiger partial charge >= 0.3 is 0 Å². The maximum Gasteiger partial charge on any atom is 0.199 e. The second kappa shape index (κ2) is 5.12. The number of carbonyl (C=O) groups is 1. The summed E-state index contributed by atoms with van der Waals surface area (Å²) < 4.78 is 0. The van der Waals surface area contributed by atoms with Gasteiger partial charge in [0.1, 0.15) is 0 Å². The maximum atomic E-state index is 11.8. The molecule has 0 aliphatic carbocycles. The highest BCUT2D eigenvalue weighted by atomic mass is 32.1. The van der Waals surface area contributed by atoms with Gasteiger partial charge in [-0.25, -0.2) is 4.98 Å². The van der Waals surface area contributed by atoms with Crippen molar-refractivity contribution in [1.82, 2.24) is 9.88 Å². The zero-order chi connectivity index (χ0) is 12.3. The van der Waals surface area contributed by atoms with Crippen LogP contribution in [0.2, 0.25) is 0 Å². The van der Waals surface area contributed by atoms with Crippen LogP contribution < -0.4 is 4.90 Å². The van der Waals surface area contributed by atoms with Gasteiger partial charge in [0.05, 0.1) is 10.6 Å². The van der Waals surface area contributed by atoms with Crippen molar-refractivity contribution in [2.75, 3.05) is 33.1 Å². The van der Waals surface area contributed by atoms with Gasteiger partial charge in [-0.3, -0.25) is 4.79 Å². The summed E-state index contributed by atoms with van der Waals surface area (Å²) in [7, 11) is 7.60. The van der Waals surface area contributed by atoms with Gasteiger partial charge in [0.15, 0.2) is 10.9 Å². The molecule has 1 heterocycles. The van der Waals surface area contributed by atoms with Gasteiger partial charge in [-0.05, 0) is 6.92 Å². The van der Waals surface area contributed by atoms with E-state index in [9.17, 15) is 4.79 Å². The van der Waals surface area contributed by atoms with Crippen molar-refractivity contribution in [2.24, 2.45) is 0 Å². The predicted molar refractivity (Wildman–Crippen MR) is 68.3 cm³/mol. The highest BCUT2D eigenvalue weighted by Gasteiger charge is 2.13. The fraction of sp³-hybridized carbons (Fsp3) is 0.455. The summed E-state index contributed by atoms with van der Waals surface area (Å²) in [4.78, 5) is 20.6. The minimum absolute atomic E-state index is 0.0109. The van der Waals surface area contributed by atoms with Crippen molar-refractivity contribution in [2.45, 2.75) is 6.92 Å². The summed E-state index contributed by atoms with van der Waals surface area (Å²) in [5, 5.41) is 0.860. The Bertz CT molecular complexity index is 407. The molecule has 0 aliphatic heterocycles. The molecule has 0 saturated carbocycles. The van der Waals surface area contributed by atoms with Crippen LogP contribution in [0.4, 0.5) is 5.13 Å². The normalized spacial score (nSPS) is 10.8. The summed E-state index contributed by atoms with van der Waals surface area (Å²) in [5.41, 5.74) is 0.794. The Morgan fingerprint density at radius 1 is 1.31 bits per heavy atom. The molecule has 16 heavy (non-hydrogen) atoms. The zero-order valence-corrected chi connectivity index (χ0v) is 11.1. The van der Waals surface area contributed by atoms with Crippen molar-refractivity contribution in [3.05, 3.63) is 22.8 Å². The van der Waals surface area contributed by atoms with E-state index >= 15 is 0 Å². The molecule has 4 nitrogen and oxygen atoms in total. The number of aromatic nitrogens is 1. The molecule has 0 saturated heterocycles. The highest BCUT2D eigenvalue weighted by molar-refractivity contribution is 7.17. The number of carbonyl (C=O) groups excluding carboxylic acids is 1. The molecular formula is C11H17N3OS. The second-order valence-corrected chi connectivity index (χ2v) is 4.93. The molecule has 88 valence electrons. The van der Waals surface area contributed by atoms with Crippen LogP contribution in [0.5, 0.6) is 0 Å². The number of ketones is 1. The van der Waals surface area contributed by atoms with Crippen LogP contribution in [0.3, 0.4) is 0 Å². The fourth-order valence-electron chi connectivity index (χ4n) is 1.09. The molecule has 5 heteroatoms. The van der Waals surface area contributed by atoms with Gasteiger partial charge in [0.2, 0.25) is 0 Å². The SMILES string of the molecule is Cc1nc(N(C)C)sc1C(=O)/C=C/N(C)C. The van der Waals surface area contributed by atoms with E-state index in [2.05, 4.69) is 4.98 Å². The van der Waals surface area contributed by atoms with E-state index in [1.807, 2.05) is 44.9 Å². The first-order chi connectivity index (χ1) is 7.41. The quantitative estimate of drug-likeness (QED) is 0.593. The summed E-state index contributed by atoms with van der Waals surface area (Å²) in [6, 6.07) is 0. The number of nitrogens with zero attached hydrogens (tertiary/aromatic N) is 3. The predicted octanol–water partition coefficient (Wildman–Crippen LogP) is 1.78. The van der Waals surface area contributed by atoms with Crippen molar-refractivity contribution in [1.29, 1.82) is 0 Å². The monoisotopic (exact) mass is 239 g/mol. The maximum absolute atomic E-state index is 11.8. The lowest BCUT2D eigenvalue weighted by molar-refractivity contribution is 0.104. The average molecular weight is 239 g/mol. The van der Waals surface area contributed by atoms with Crippen LogP contribution in [0.25, 0.3) is 0 Å². The average Bonchev–Trinajstić information content (AvgIpc) is 2.57. The lowest BCUT2D eigenvalue weighted by Crippen LogP contribution is -2.07. The molecule has 0 atom stereocenters. The van der Waals surface area contributed by atoms with E-state index in [1.165, 1.54) is 11.3 Å². The van der Waals surface area contributed by atoms with Gasteiger partial charge in [-0.1, -0.05) is 11.3 Å². The van der Waals surface area contributed by atoms with E-state index in [0.29, 0.717) is 4.88 Å². The van der Waals surface area contributed by atoms with Crippen LogP contribution in [-0.2, 0) is 0 Å². The summed E-state index contributed by atoms with van der Waals surface area (Å²) >= 11 is 1.42. The lowest BCUT2D eigenvalue weighted by Gasteiger charge is -2.05. The van der Waals surface area contributed by atoms with E-state index in [-0.39, 0.29) is 5.78 Å². The van der Waals surface area contributed by atoms with Gasteiger partial charge in [0, 0.05) is 40.5 Å². The Morgan fingerprint density at radius 2 is 1.94 bits per heavy atom. The molecule has 1 aromatic heterocycles. The Kier molecular flexibility index (Phi) is 4.06. The largest absolute Gasteiger partial charge is 0.383 e. The van der Waals surface area contributed by atoms with E-state index in [0.717, 1.165) is 10.8 Å². The molecule has 0 aliphatic rings. The van der Waals surface area contributed by atoms with Crippen LogP contribution in [0, 0.1) is 6.92 Å². The topological polar surface area (TPSA) is 36.4 Å². The second-order valence-electron chi connectivity index (χ2n) is 3.95. The van der Waals surface area contributed by atoms with Crippen molar-refractivity contribution in [3.8, 4) is 0 Å². The Hall–Kier alpha value is -1.36. The van der Waals surface area contributed by atoms with Crippen molar-refractivity contribution in [3.63, 3.8) is 0 Å². The molecule has 0 aromatic carbocycles. The van der Waals surface area contributed by atoms with Gasteiger partial charge in [0.25, 0.3) is 0 Å². The minimum Gasteiger partial charge on any atom is -0.383 e. The number of hydrogen-bond donors (Lipinski definition) is 0. The fourth-order valence-corrected chi connectivity index (χ4v) is 2.00. The zero-order valence-electron chi connectivity index (χ0n) is 10.3. The number of allylic oxidation sites excluding steroid dienone is 1. The first-order valence-electron chi connectivity index (χ1n) is 4.95. The molecule has 0 amide bonds. The molecular weight excluding hydrogens is 222 g/mol. The molecule has 0 fully saturated rings. The van der Waals surface area contributed by atoms with Gasteiger partial charge in [-0.2, -0.15) is 0 Å². The van der Waals surface area contributed by atoms with Crippen LogP contribution in [-0.4, -0.2) is 43.9 Å². The van der Waals surface area contributed by atoms with Gasteiger partial charge < -0.3 is 9.80 Å². The third kappa shape index (κ3) is 3.06. The van der Waals surface area contributed by atoms with Crippen LogP contribution in [0.1, 0.15) is 15.4 Å². The molecule has 1 aromatic rings. The van der Waals surface area contributed by atoms with E-state index in [4.69, 9.17) is 0 Å². The number of thiazole rings is 1. The Labute approximate surface area is 100 Å². The molecule has 0 radical (unpaired) electrons. The molecule has 0 spiro atoms. The Morgan fingerprint density at radius 3 is 2.38 bits per heavy atom. The smallest absolute Gasteiger partial charge is 0.199 e.